The third kappa shape index (κ3) is 5.42. The minimum Gasteiger partial charge on any atom is -0.317 e. The highest BCUT2D eigenvalue weighted by molar-refractivity contribution is 7.99. The van der Waals surface area contributed by atoms with Crippen LogP contribution >= 0.6 is 11.8 Å². The average molecular weight is 508 g/mol. The van der Waals surface area contributed by atoms with Crippen molar-refractivity contribution in [3.8, 4) is 0 Å². The Bertz CT molecular complexity index is 999. The van der Waals surface area contributed by atoms with E-state index in [0.29, 0.717) is 17.9 Å². The van der Waals surface area contributed by atoms with E-state index >= 15 is 0 Å². The maximum atomic E-state index is 12.9. The van der Waals surface area contributed by atoms with Crippen molar-refractivity contribution in [1.82, 2.24) is 25.0 Å². The first kappa shape index (κ1) is 25.1. The van der Waals surface area contributed by atoms with Gasteiger partial charge < -0.3 is 14.8 Å². The lowest BCUT2D eigenvalue weighted by atomic mass is 9.85. The number of alkyl halides is 3. The van der Waals surface area contributed by atoms with E-state index in [4.69, 9.17) is 0 Å². The number of aromatic nitrogens is 3. The molecule has 3 aliphatic rings. The smallest absolute Gasteiger partial charge is 0.317 e. The summed E-state index contributed by atoms with van der Waals surface area (Å²) in [6.07, 6.45) is 3.83. The quantitative estimate of drug-likeness (QED) is 0.381. The maximum Gasteiger partial charge on any atom is 0.416 e. The highest BCUT2D eigenvalue weighted by Crippen LogP contribution is 2.64. The first-order valence-electron chi connectivity index (χ1n) is 12.9. The van der Waals surface area contributed by atoms with E-state index in [2.05, 4.69) is 32.0 Å². The molecule has 9 heteroatoms. The molecule has 2 aliphatic carbocycles. The molecule has 0 bridgehead atoms. The summed E-state index contributed by atoms with van der Waals surface area (Å²) in [7, 11) is 4.15. The summed E-state index contributed by atoms with van der Waals surface area (Å²) >= 11 is 1.79. The van der Waals surface area contributed by atoms with Crippen molar-refractivity contribution in [2.24, 2.45) is 12.5 Å². The van der Waals surface area contributed by atoms with Crippen LogP contribution in [0.1, 0.15) is 73.7 Å². The van der Waals surface area contributed by atoms with E-state index in [1.807, 2.05) is 7.05 Å². The Kier molecular flexibility index (Phi) is 7.21. The topological polar surface area (TPSA) is 46.0 Å². The van der Waals surface area contributed by atoms with Crippen molar-refractivity contribution in [3.63, 3.8) is 0 Å². The van der Waals surface area contributed by atoms with Crippen LogP contribution in [0.2, 0.25) is 0 Å². The molecule has 1 aromatic heterocycles. The van der Waals surface area contributed by atoms with Crippen LogP contribution in [0.3, 0.4) is 0 Å². The van der Waals surface area contributed by atoms with Gasteiger partial charge in [-0.1, -0.05) is 23.9 Å². The molecule has 5 rings (SSSR count). The molecule has 35 heavy (non-hydrogen) atoms. The van der Waals surface area contributed by atoms with Gasteiger partial charge in [0.2, 0.25) is 0 Å². The van der Waals surface area contributed by atoms with Gasteiger partial charge in [0.25, 0.3) is 0 Å². The SMILES string of the molecule is CNC1CCC(c2nnc(SCCCN3CC[C@]4(C[C@@H]4c4ccc(C(F)(F)F)cc4)C3)n2C)CC1. The van der Waals surface area contributed by atoms with Crippen LogP contribution in [0.25, 0.3) is 0 Å². The molecule has 1 N–H and O–H groups in total. The number of rotatable bonds is 8. The normalized spacial score (nSPS) is 29.2. The summed E-state index contributed by atoms with van der Waals surface area (Å²) in [4.78, 5) is 2.53. The van der Waals surface area contributed by atoms with Crippen molar-refractivity contribution < 1.29 is 13.2 Å². The zero-order valence-electron chi connectivity index (χ0n) is 20.7. The van der Waals surface area contributed by atoms with E-state index < -0.39 is 11.7 Å². The zero-order valence-corrected chi connectivity index (χ0v) is 21.5. The first-order valence-corrected chi connectivity index (χ1v) is 13.9. The number of nitrogens with one attached hydrogen (secondary N) is 1. The van der Waals surface area contributed by atoms with Crippen molar-refractivity contribution in [2.75, 3.05) is 32.4 Å². The molecule has 192 valence electrons. The monoisotopic (exact) mass is 507 g/mol. The Morgan fingerprint density at radius 3 is 2.54 bits per heavy atom. The molecule has 0 unspecified atom stereocenters. The minimum atomic E-state index is -4.26. The number of nitrogens with zero attached hydrogens (tertiary/aromatic N) is 4. The highest BCUT2D eigenvalue weighted by Gasteiger charge is 2.57. The summed E-state index contributed by atoms with van der Waals surface area (Å²) in [5, 5.41) is 13.4. The van der Waals surface area contributed by atoms with Gasteiger partial charge in [0.05, 0.1) is 5.56 Å². The van der Waals surface area contributed by atoms with Gasteiger partial charge in [-0.05, 0) is 94.1 Å². The minimum absolute atomic E-state index is 0.275. The largest absolute Gasteiger partial charge is 0.416 e. The Hall–Kier alpha value is -1.58. The summed E-state index contributed by atoms with van der Waals surface area (Å²) in [6, 6.07) is 6.47. The van der Waals surface area contributed by atoms with Crippen LogP contribution in [0.5, 0.6) is 0 Å². The lowest BCUT2D eigenvalue weighted by Crippen LogP contribution is -2.30. The number of halogens is 3. The maximum absolute atomic E-state index is 12.9. The zero-order chi connectivity index (χ0) is 24.6. The lowest BCUT2D eigenvalue weighted by Gasteiger charge is -2.27. The predicted molar refractivity (Wildman–Crippen MR) is 133 cm³/mol. The van der Waals surface area contributed by atoms with Gasteiger partial charge in [0, 0.05) is 31.3 Å². The summed E-state index contributed by atoms with van der Waals surface area (Å²) in [5.41, 5.74) is 0.781. The molecule has 3 fully saturated rings. The standard InChI is InChI=1S/C26H36F3N5S/c1-30-21-10-6-19(7-11-21)23-31-32-24(33(23)2)35-15-3-13-34-14-12-25(17-34)16-22(25)18-4-8-20(9-5-18)26(27,28)29/h4-5,8-9,19,21-22,30H,3,6-7,10-17H2,1-2H3/t19?,21?,22-,25+/m1/s1. The van der Waals surface area contributed by atoms with Gasteiger partial charge in [-0.25, -0.2) is 0 Å². The van der Waals surface area contributed by atoms with Gasteiger partial charge >= 0.3 is 6.18 Å². The molecule has 1 aliphatic heterocycles. The van der Waals surface area contributed by atoms with Crippen LogP contribution in [0.4, 0.5) is 13.2 Å². The summed E-state index contributed by atoms with van der Waals surface area (Å²) in [6.45, 7) is 3.21. The second kappa shape index (κ2) is 10.1. The number of hydrogen-bond donors (Lipinski definition) is 1. The second-order valence-corrected chi connectivity index (χ2v) is 11.8. The average Bonchev–Trinajstić information content (AvgIpc) is 3.20. The Morgan fingerprint density at radius 2 is 1.86 bits per heavy atom. The fourth-order valence-electron chi connectivity index (χ4n) is 6.25. The van der Waals surface area contributed by atoms with E-state index in [-0.39, 0.29) is 5.41 Å². The molecule has 0 radical (unpaired) electrons. The Labute approximate surface area is 210 Å². The van der Waals surface area contributed by atoms with E-state index in [9.17, 15) is 13.2 Å². The van der Waals surface area contributed by atoms with Gasteiger partial charge in [-0.15, -0.1) is 10.2 Å². The van der Waals surface area contributed by atoms with E-state index in [1.54, 1.807) is 23.9 Å². The molecule has 2 atom stereocenters. The fourth-order valence-corrected chi connectivity index (χ4v) is 7.09. The number of benzene rings is 1. The molecule has 5 nitrogen and oxygen atoms in total. The third-order valence-electron chi connectivity index (χ3n) is 8.51. The molecule has 2 saturated carbocycles. The van der Waals surface area contributed by atoms with E-state index in [0.717, 1.165) is 61.2 Å². The van der Waals surface area contributed by atoms with Gasteiger partial charge in [-0.3, -0.25) is 0 Å². The summed E-state index contributed by atoms with van der Waals surface area (Å²) < 4.78 is 40.8. The predicted octanol–water partition coefficient (Wildman–Crippen LogP) is 5.44. The third-order valence-corrected chi connectivity index (χ3v) is 9.62. The van der Waals surface area contributed by atoms with Crippen LogP contribution in [0.15, 0.2) is 29.4 Å². The number of thioether (sulfide) groups is 1. The van der Waals surface area contributed by atoms with Gasteiger partial charge in [0.15, 0.2) is 5.16 Å². The fraction of sp³-hybridized carbons (Fsp3) is 0.692. The highest BCUT2D eigenvalue weighted by atomic mass is 32.2. The molecule has 1 aromatic carbocycles. The molecular weight excluding hydrogens is 471 g/mol. The van der Waals surface area contributed by atoms with Crippen molar-refractivity contribution in [1.29, 1.82) is 0 Å². The summed E-state index contributed by atoms with van der Waals surface area (Å²) in [5.74, 6) is 3.07. The molecule has 0 amide bonds. The lowest BCUT2D eigenvalue weighted by molar-refractivity contribution is -0.137. The van der Waals surface area contributed by atoms with Crippen LogP contribution < -0.4 is 5.32 Å². The van der Waals surface area contributed by atoms with Gasteiger partial charge in [0.1, 0.15) is 5.82 Å². The molecule has 2 aromatic rings. The van der Waals surface area contributed by atoms with Crippen molar-refractivity contribution in [2.45, 2.75) is 74.2 Å². The molecular formula is C26H36F3N5S. The number of likely N-dealkylation sites (tertiary alicyclic amines) is 1. The Balaban J connectivity index is 1.05. The van der Waals surface area contributed by atoms with E-state index in [1.165, 1.54) is 37.8 Å². The molecule has 1 spiro atoms. The van der Waals surface area contributed by atoms with Crippen LogP contribution in [0, 0.1) is 5.41 Å². The molecule has 1 saturated heterocycles. The van der Waals surface area contributed by atoms with Crippen LogP contribution in [-0.2, 0) is 13.2 Å². The molecule has 2 heterocycles. The van der Waals surface area contributed by atoms with Crippen molar-refractivity contribution in [3.05, 3.63) is 41.2 Å². The Morgan fingerprint density at radius 1 is 1.11 bits per heavy atom. The van der Waals surface area contributed by atoms with Gasteiger partial charge in [-0.2, -0.15) is 13.2 Å². The van der Waals surface area contributed by atoms with Crippen molar-refractivity contribution >= 4 is 11.8 Å². The van der Waals surface area contributed by atoms with Crippen LogP contribution in [-0.4, -0.2) is 58.1 Å². The first-order chi connectivity index (χ1) is 16.8. The number of hydrogen-bond acceptors (Lipinski definition) is 5. The second-order valence-electron chi connectivity index (χ2n) is 10.7.